The van der Waals surface area contributed by atoms with Crippen LogP contribution in [0.15, 0.2) is 11.1 Å². The van der Waals surface area contributed by atoms with Gasteiger partial charge < -0.3 is 4.74 Å². The number of ether oxygens (including phenoxy) is 1. The van der Waals surface area contributed by atoms with Gasteiger partial charge in [0, 0.05) is 12.3 Å². The number of fused-ring (bicyclic) bond motifs is 2. The van der Waals surface area contributed by atoms with Crippen molar-refractivity contribution in [1.29, 1.82) is 0 Å². The van der Waals surface area contributed by atoms with E-state index in [-0.39, 0.29) is 23.9 Å². The van der Waals surface area contributed by atoms with Crippen LogP contribution in [-0.2, 0) is 14.3 Å². The monoisotopic (exact) mass is 248 g/mol. The zero-order valence-corrected chi connectivity index (χ0v) is 11.2. The van der Waals surface area contributed by atoms with Crippen LogP contribution in [-0.4, -0.2) is 17.9 Å². The predicted molar refractivity (Wildman–Crippen MR) is 66.7 cm³/mol. The van der Waals surface area contributed by atoms with Gasteiger partial charge in [-0.1, -0.05) is 19.4 Å². The molecule has 3 rings (SSSR count). The molecule has 3 heteroatoms. The van der Waals surface area contributed by atoms with Crippen molar-refractivity contribution in [2.45, 2.75) is 46.1 Å². The Bertz CT molecular complexity index is 449. The fourth-order valence-electron chi connectivity index (χ4n) is 3.94. The van der Waals surface area contributed by atoms with Gasteiger partial charge >= 0.3 is 5.97 Å². The molecule has 0 aromatic carbocycles. The first-order chi connectivity index (χ1) is 8.49. The number of hydrogen-bond donors (Lipinski definition) is 0. The largest absolute Gasteiger partial charge is 0.462 e. The summed E-state index contributed by atoms with van der Waals surface area (Å²) < 4.78 is 5.51. The van der Waals surface area contributed by atoms with Gasteiger partial charge in [0.1, 0.15) is 6.10 Å². The highest BCUT2D eigenvalue weighted by atomic mass is 16.6. The van der Waals surface area contributed by atoms with Gasteiger partial charge in [-0.15, -0.1) is 0 Å². The molecule has 1 aliphatic heterocycles. The quantitative estimate of drug-likeness (QED) is 0.619. The second-order valence-corrected chi connectivity index (χ2v) is 6.23. The molecule has 0 amide bonds. The molecule has 0 aromatic rings. The van der Waals surface area contributed by atoms with Crippen molar-refractivity contribution in [3.63, 3.8) is 0 Å². The summed E-state index contributed by atoms with van der Waals surface area (Å²) in [5.74, 6) is 1.35. The minimum atomic E-state index is -0.0572. The molecule has 5 atom stereocenters. The lowest BCUT2D eigenvalue weighted by atomic mass is 9.85. The topological polar surface area (TPSA) is 43.4 Å². The normalized spacial score (nSPS) is 43.6. The van der Waals surface area contributed by atoms with Gasteiger partial charge in [0.2, 0.25) is 0 Å². The molecule has 98 valence electrons. The van der Waals surface area contributed by atoms with Crippen LogP contribution in [0.3, 0.4) is 0 Å². The average Bonchev–Trinajstić information content (AvgIpc) is 2.68. The van der Waals surface area contributed by atoms with E-state index in [0.717, 1.165) is 18.4 Å². The van der Waals surface area contributed by atoms with Crippen LogP contribution in [0.25, 0.3) is 0 Å². The van der Waals surface area contributed by atoms with Crippen LogP contribution in [0.2, 0.25) is 0 Å². The zero-order chi connectivity index (χ0) is 13.0. The van der Waals surface area contributed by atoms with Crippen molar-refractivity contribution >= 4 is 11.8 Å². The van der Waals surface area contributed by atoms with Gasteiger partial charge in [-0.05, 0) is 37.2 Å². The molecular formula is C15H20O3. The first kappa shape index (κ1) is 11.9. The third kappa shape index (κ3) is 1.56. The van der Waals surface area contributed by atoms with Gasteiger partial charge in [0.25, 0.3) is 0 Å². The lowest BCUT2D eigenvalue weighted by molar-refractivity contribution is -0.144. The van der Waals surface area contributed by atoms with Crippen molar-refractivity contribution in [3.05, 3.63) is 11.1 Å². The highest BCUT2D eigenvalue weighted by Crippen LogP contribution is 2.48. The van der Waals surface area contributed by atoms with Crippen LogP contribution in [0.4, 0.5) is 0 Å². The van der Waals surface area contributed by atoms with Crippen LogP contribution >= 0.6 is 0 Å². The van der Waals surface area contributed by atoms with E-state index in [1.54, 1.807) is 0 Å². The standard InChI is InChI=1S/C15H20O3/c1-7-4-14-12(9(3)15(17)18-14)5-11-8(2)13(16)6-10(7)11/h7,9-10,12,14H,4-6H2,1-3H3/t7-,9-,10-,12+,14-/m0/s1. The smallest absolute Gasteiger partial charge is 0.309 e. The molecule has 0 radical (unpaired) electrons. The molecule has 0 unspecified atom stereocenters. The van der Waals surface area contributed by atoms with E-state index in [2.05, 4.69) is 6.92 Å². The van der Waals surface area contributed by atoms with Crippen molar-refractivity contribution < 1.29 is 14.3 Å². The highest BCUT2D eigenvalue weighted by Gasteiger charge is 2.48. The Labute approximate surface area is 108 Å². The number of carbonyl (C=O) groups excluding carboxylic acids is 2. The summed E-state index contributed by atoms with van der Waals surface area (Å²) >= 11 is 0. The zero-order valence-electron chi connectivity index (χ0n) is 11.2. The van der Waals surface area contributed by atoms with Crippen molar-refractivity contribution in [1.82, 2.24) is 0 Å². The number of rotatable bonds is 0. The number of Topliss-reactive ketones (excluding diaryl/α,β-unsaturated/α-hetero) is 1. The maximum absolute atomic E-state index is 11.9. The summed E-state index contributed by atoms with van der Waals surface area (Å²) in [7, 11) is 0. The fraction of sp³-hybridized carbons (Fsp3) is 0.733. The van der Waals surface area contributed by atoms with Gasteiger partial charge in [0.05, 0.1) is 5.92 Å². The van der Waals surface area contributed by atoms with E-state index in [1.165, 1.54) is 5.57 Å². The summed E-state index contributed by atoms with van der Waals surface area (Å²) in [6.45, 7) is 6.10. The van der Waals surface area contributed by atoms with E-state index in [4.69, 9.17) is 4.74 Å². The van der Waals surface area contributed by atoms with Gasteiger partial charge in [-0.2, -0.15) is 0 Å². The molecule has 2 aliphatic carbocycles. The highest BCUT2D eigenvalue weighted by molar-refractivity contribution is 5.98. The van der Waals surface area contributed by atoms with E-state index < -0.39 is 0 Å². The third-order valence-electron chi connectivity index (χ3n) is 5.26. The number of esters is 1. The predicted octanol–water partition coefficient (Wildman–Crippen LogP) is 2.50. The number of hydrogen-bond acceptors (Lipinski definition) is 3. The second kappa shape index (κ2) is 3.94. The SMILES string of the molecule is CC1=C2C[C@H]3[C@H](C[C@H](C)[C@@H]2CC1=O)OC(=O)[C@H]3C. The molecule has 3 nitrogen and oxygen atoms in total. The number of allylic oxidation sites excluding steroid dienone is 2. The Hall–Kier alpha value is -1.12. The average molecular weight is 248 g/mol. The summed E-state index contributed by atoms with van der Waals surface area (Å²) in [6, 6.07) is 0. The molecule has 1 heterocycles. The van der Waals surface area contributed by atoms with E-state index in [9.17, 15) is 9.59 Å². The third-order valence-corrected chi connectivity index (χ3v) is 5.26. The Morgan fingerprint density at radius 1 is 1.17 bits per heavy atom. The molecule has 1 saturated carbocycles. The Kier molecular flexibility index (Phi) is 2.61. The van der Waals surface area contributed by atoms with Crippen LogP contribution in [0.1, 0.15) is 40.0 Å². The number of ketones is 1. The Balaban J connectivity index is 1.97. The first-order valence-electron chi connectivity index (χ1n) is 6.92. The van der Waals surface area contributed by atoms with Crippen LogP contribution in [0, 0.1) is 23.7 Å². The summed E-state index contributed by atoms with van der Waals surface area (Å²) in [5.41, 5.74) is 2.27. The van der Waals surface area contributed by atoms with Gasteiger partial charge in [-0.25, -0.2) is 0 Å². The maximum atomic E-state index is 11.9. The molecule has 0 aromatic heterocycles. The maximum Gasteiger partial charge on any atom is 0.309 e. The Morgan fingerprint density at radius 2 is 1.89 bits per heavy atom. The van der Waals surface area contributed by atoms with E-state index in [1.807, 2.05) is 13.8 Å². The Morgan fingerprint density at radius 3 is 2.61 bits per heavy atom. The molecule has 0 bridgehead atoms. The second-order valence-electron chi connectivity index (χ2n) is 6.23. The van der Waals surface area contributed by atoms with Crippen molar-refractivity contribution in [2.75, 3.05) is 0 Å². The molecule has 3 aliphatic rings. The van der Waals surface area contributed by atoms with E-state index >= 15 is 0 Å². The molecule has 1 saturated heterocycles. The minimum absolute atomic E-state index is 0.0167. The minimum Gasteiger partial charge on any atom is -0.462 e. The fourth-order valence-corrected chi connectivity index (χ4v) is 3.94. The summed E-state index contributed by atoms with van der Waals surface area (Å²) in [4.78, 5) is 23.6. The van der Waals surface area contributed by atoms with Crippen molar-refractivity contribution in [3.8, 4) is 0 Å². The first-order valence-corrected chi connectivity index (χ1v) is 6.92. The molecule has 2 fully saturated rings. The molecule has 0 spiro atoms. The molecular weight excluding hydrogens is 228 g/mol. The molecule has 18 heavy (non-hydrogen) atoms. The lowest BCUT2D eigenvalue weighted by Gasteiger charge is -2.19. The lowest BCUT2D eigenvalue weighted by Crippen LogP contribution is -2.20. The van der Waals surface area contributed by atoms with E-state index in [0.29, 0.717) is 24.0 Å². The molecule has 0 N–H and O–H groups in total. The van der Waals surface area contributed by atoms with Gasteiger partial charge in [0.15, 0.2) is 5.78 Å². The summed E-state index contributed by atoms with van der Waals surface area (Å²) in [6.07, 6.45) is 2.53. The van der Waals surface area contributed by atoms with Crippen molar-refractivity contribution in [2.24, 2.45) is 23.7 Å². The number of carbonyl (C=O) groups is 2. The van der Waals surface area contributed by atoms with Gasteiger partial charge in [-0.3, -0.25) is 9.59 Å². The van der Waals surface area contributed by atoms with Crippen LogP contribution in [0.5, 0.6) is 0 Å². The summed E-state index contributed by atoms with van der Waals surface area (Å²) in [5, 5.41) is 0. The van der Waals surface area contributed by atoms with Crippen LogP contribution < -0.4 is 0 Å².